The average Bonchev–Trinajstić information content (AvgIpc) is 3.10. The molecule has 0 spiro atoms. The van der Waals surface area contributed by atoms with Crippen molar-refractivity contribution in [2.24, 2.45) is 0 Å². The van der Waals surface area contributed by atoms with Crippen LogP contribution in [-0.4, -0.2) is 24.2 Å². The van der Waals surface area contributed by atoms with E-state index in [0.29, 0.717) is 31.9 Å². The molecule has 0 bridgehead atoms. The van der Waals surface area contributed by atoms with Crippen molar-refractivity contribution in [3.05, 3.63) is 63.1 Å². The Kier molecular flexibility index (Phi) is 7.51. The molecule has 2 N–H and O–H groups in total. The molecule has 1 aliphatic carbocycles. The van der Waals surface area contributed by atoms with Gasteiger partial charge in [-0.25, -0.2) is 0 Å². The summed E-state index contributed by atoms with van der Waals surface area (Å²) in [6, 6.07) is 12.3. The summed E-state index contributed by atoms with van der Waals surface area (Å²) >= 11 is 3.68. The molecule has 0 aromatic heterocycles. The minimum atomic E-state index is 0.0872. The third kappa shape index (κ3) is 4.95. The molecule has 1 amide bonds. The van der Waals surface area contributed by atoms with Crippen molar-refractivity contribution in [3.8, 4) is 5.75 Å². The van der Waals surface area contributed by atoms with Crippen LogP contribution in [-0.2, 0) is 24.2 Å². The maximum absolute atomic E-state index is 11.5. The van der Waals surface area contributed by atoms with Gasteiger partial charge in [0.15, 0.2) is 0 Å². The minimum absolute atomic E-state index is 0.0872. The quantitative estimate of drug-likeness (QED) is 0.596. The summed E-state index contributed by atoms with van der Waals surface area (Å²) < 4.78 is 7.16. The van der Waals surface area contributed by atoms with Crippen molar-refractivity contribution < 1.29 is 14.6 Å². The number of benzene rings is 2. The molecule has 150 valence electrons. The van der Waals surface area contributed by atoms with Crippen molar-refractivity contribution in [1.82, 2.24) is 5.32 Å². The number of nitrogens with one attached hydrogen (secondary N) is 1. The summed E-state index contributed by atoms with van der Waals surface area (Å²) in [5.74, 6) is 1.32. The van der Waals surface area contributed by atoms with Crippen LogP contribution in [0.15, 0.2) is 40.9 Å². The number of aliphatic hydroxyl groups excluding tert-OH is 1. The summed E-state index contributed by atoms with van der Waals surface area (Å²) in [4.78, 5) is 11.5. The van der Waals surface area contributed by atoms with Gasteiger partial charge in [-0.1, -0.05) is 37.3 Å². The van der Waals surface area contributed by atoms with Crippen LogP contribution in [0.25, 0.3) is 0 Å². The fraction of sp³-hybridized carbons (Fsp3) is 0.435. The van der Waals surface area contributed by atoms with Gasteiger partial charge >= 0.3 is 0 Å². The van der Waals surface area contributed by atoms with Gasteiger partial charge in [-0.05, 0) is 70.3 Å². The molecule has 1 aliphatic rings. The first-order chi connectivity index (χ1) is 13.6. The van der Waals surface area contributed by atoms with Gasteiger partial charge in [0.05, 0.1) is 4.47 Å². The number of amides is 1. The lowest BCUT2D eigenvalue weighted by molar-refractivity contribution is -0.120. The van der Waals surface area contributed by atoms with Crippen LogP contribution in [0.2, 0.25) is 0 Å². The Bertz CT molecular complexity index is 807. The van der Waals surface area contributed by atoms with E-state index in [-0.39, 0.29) is 12.5 Å². The molecular weight excluding hydrogens is 418 g/mol. The second kappa shape index (κ2) is 10.1. The standard InChI is InChI=1S/C23H28BrNO3/c1-2-21(27)25-12-10-17-8-9-18-14-20(24)23(19(11-13-26)22(17)18)28-15-16-6-4-3-5-7-16/h3-7,14,17,26H,2,8-13,15H2,1H3,(H,25,27). The number of carbonyl (C=O) groups excluding carboxylic acids is 1. The highest BCUT2D eigenvalue weighted by Crippen LogP contribution is 2.45. The molecule has 28 heavy (non-hydrogen) atoms. The predicted octanol–water partition coefficient (Wildman–Crippen LogP) is 4.51. The molecule has 0 saturated carbocycles. The number of aliphatic hydroxyl groups is 1. The van der Waals surface area contributed by atoms with E-state index < -0.39 is 0 Å². The van der Waals surface area contributed by atoms with Gasteiger partial charge < -0.3 is 15.2 Å². The molecule has 2 aromatic rings. The fourth-order valence-electron chi connectivity index (χ4n) is 3.99. The maximum Gasteiger partial charge on any atom is 0.219 e. The van der Waals surface area contributed by atoms with Crippen molar-refractivity contribution in [2.75, 3.05) is 13.2 Å². The Morgan fingerprint density at radius 2 is 2.11 bits per heavy atom. The Morgan fingerprint density at radius 3 is 2.82 bits per heavy atom. The maximum atomic E-state index is 11.5. The van der Waals surface area contributed by atoms with Crippen LogP contribution in [0, 0.1) is 0 Å². The summed E-state index contributed by atoms with van der Waals surface area (Å²) in [6.45, 7) is 3.14. The van der Waals surface area contributed by atoms with Crippen LogP contribution in [0.1, 0.15) is 54.4 Å². The lowest BCUT2D eigenvalue weighted by Gasteiger charge is -2.21. The fourth-order valence-corrected chi connectivity index (χ4v) is 4.62. The Labute approximate surface area is 175 Å². The highest BCUT2D eigenvalue weighted by Gasteiger charge is 2.29. The van der Waals surface area contributed by atoms with E-state index in [9.17, 15) is 9.90 Å². The van der Waals surface area contributed by atoms with Crippen LogP contribution >= 0.6 is 15.9 Å². The number of ether oxygens (including phenoxy) is 1. The average molecular weight is 446 g/mol. The second-order valence-electron chi connectivity index (χ2n) is 7.21. The monoisotopic (exact) mass is 445 g/mol. The molecular formula is C23H28BrNO3. The lowest BCUT2D eigenvalue weighted by Crippen LogP contribution is -2.24. The number of hydrogen-bond acceptors (Lipinski definition) is 3. The van der Waals surface area contributed by atoms with Gasteiger partial charge in [0.2, 0.25) is 5.91 Å². The minimum Gasteiger partial charge on any atom is -0.487 e. The van der Waals surface area contributed by atoms with Gasteiger partial charge in [-0.15, -0.1) is 0 Å². The molecule has 5 heteroatoms. The van der Waals surface area contributed by atoms with Gasteiger partial charge in [-0.2, -0.15) is 0 Å². The molecule has 0 fully saturated rings. The number of halogens is 1. The first-order valence-electron chi connectivity index (χ1n) is 10.0. The third-order valence-corrected chi connectivity index (χ3v) is 5.95. The highest BCUT2D eigenvalue weighted by molar-refractivity contribution is 9.10. The first-order valence-corrected chi connectivity index (χ1v) is 10.8. The molecule has 0 radical (unpaired) electrons. The zero-order chi connectivity index (χ0) is 19.9. The Morgan fingerprint density at radius 1 is 1.32 bits per heavy atom. The summed E-state index contributed by atoms with van der Waals surface area (Å²) in [5.41, 5.74) is 4.86. The number of carbonyl (C=O) groups is 1. The zero-order valence-electron chi connectivity index (χ0n) is 16.3. The summed E-state index contributed by atoms with van der Waals surface area (Å²) in [5, 5.41) is 12.7. The molecule has 3 rings (SSSR count). The number of fused-ring (bicyclic) bond motifs is 1. The van der Waals surface area contributed by atoms with Crippen molar-refractivity contribution in [2.45, 2.75) is 51.6 Å². The smallest absolute Gasteiger partial charge is 0.219 e. The van der Waals surface area contributed by atoms with Crippen molar-refractivity contribution in [1.29, 1.82) is 0 Å². The summed E-state index contributed by atoms with van der Waals surface area (Å²) in [6.07, 6.45) is 4.10. The number of aryl methyl sites for hydroxylation is 1. The van der Waals surface area contributed by atoms with E-state index in [0.717, 1.165) is 40.6 Å². The lowest BCUT2D eigenvalue weighted by atomic mass is 9.91. The molecule has 0 heterocycles. The van der Waals surface area contributed by atoms with Gasteiger partial charge in [0.25, 0.3) is 0 Å². The van der Waals surface area contributed by atoms with Gasteiger partial charge in [-0.3, -0.25) is 4.79 Å². The van der Waals surface area contributed by atoms with Gasteiger partial charge in [0.1, 0.15) is 12.4 Å². The molecule has 1 unspecified atom stereocenters. The first kappa shape index (κ1) is 20.9. The number of hydrogen-bond donors (Lipinski definition) is 2. The van der Waals surface area contributed by atoms with E-state index in [1.807, 2.05) is 37.3 Å². The normalized spacial score (nSPS) is 15.3. The topological polar surface area (TPSA) is 58.6 Å². The molecule has 0 aliphatic heterocycles. The van der Waals surface area contributed by atoms with E-state index in [4.69, 9.17) is 4.74 Å². The van der Waals surface area contributed by atoms with Crippen LogP contribution in [0.4, 0.5) is 0 Å². The second-order valence-corrected chi connectivity index (χ2v) is 8.07. The summed E-state index contributed by atoms with van der Waals surface area (Å²) in [7, 11) is 0. The van der Waals surface area contributed by atoms with Crippen LogP contribution < -0.4 is 10.1 Å². The third-order valence-electron chi connectivity index (χ3n) is 5.36. The Hall–Kier alpha value is -1.85. The van der Waals surface area contributed by atoms with Crippen molar-refractivity contribution >= 4 is 21.8 Å². The zero-order valence-corrected chi connectivity index (χ0v) is 17.9. The molecule has 1 atom stereocenters. The van der Waals surface area contributed by atoms with Gasteiger partial charge in [0, 0.05) is 25.1 Å². The largest absolute Gasteiger partial charge is 0.487 e. The van der Waals surface area contributed by atoms with E-state index in [1.165, 1.54) is 11.1 Å². The van der Waals surface area contributed by atoms with Crippen LogP contribution in [0.3, 0.4) is 0 Å². The molecule has 4 nitrogen and oxygen atoms in total. The van der Waals surface area contributed by atoms with Crippen LogP contribution in [0.5, 0.6) is 5.75 Å². The van der Waals surface area contributed by atoms with Crippen molar-refractivity contribution in [3.63, 3.8) is 0 Å². The molecule has 0 saturated heterocycles. The molecule has 2 aromatic carbocycles. The highest BCUT2D eigenvalue weighted by atomic mass is 79.9. The van der Waals surface area contributed by atoms with E-state index >= 15 is 0 Å². The number of rotatable bonds is 9. The predicted molar refractivity (Wildman–Crippen MR) is 115 cm³/mol. The Balaban J connectivity index is 1.83. The SMILES string of the molecule is CCC(=O)NCCC1CCc2cc(Br)c(OCc3ccccc3)c(CCO)c21. The van der Waals surface area contributed by atoms with E-state index in [2.05, 4.69) is 27.3 Å². The van der Waals surface area contributed by atoms with E-state index in [1.54, 1.807) is 0 Å².